The van der Waals surface area contributed by atoms with Crippen molar-refractivity contribution in [3.05, 3.63) is 54.3 Å². The lowest BCUT2D eigenvalue weighted by Gasteiger charge is -2.34. The van der Waals surface area contributed by atoms with Gasteiger partial charge in [-0.2, -0.15) is 0 Å². The first-order valence-corrected chi connectivity index (χ1v) is 12.6. The molecule has 0 spiro atoms. The molecule has 0 atom stereocenters. The number of fused-ring (bicyclic) bond motifs is 1. The maximum absolute atomic E-state index is 13.5. The molecule has 2 aromatic carbocycles. The molecule has 1 aromatic heterocycles. The summed E-state index contributed by atoms with van der Waals surface area (Å²) in [6.45, 7) is 4.05. The molecule has 2 aliphatic heterocycles. The van der Waals surface area contributed by atoms with Crippen LogP contribution in [0, 0.1) is 11.7 Å². The van der Waals surface area contributed by atoms with Crippen molar-refractivity contribution in [2.45, 2.75) is 51.4 Å². The van der Waals surface area contributed by atoms with E-state index in [-0.39, 0.29) is 5.82 Å². The smallest absolute Gasteiger partial charge is 0.222 e. The third-order valence-electron chi connectivity index (χ3n) is 7.43. The van der Waals surface area contributed by atoms with E-state index in [9.17, 15) is 9.18 Å². The Morgan fingerprint density at radius 1 is 0.970 bits per heavy atom. The fraction of sp³-hybridized carbons (Fsp3) is 0.464. The van der Waals surface area contributed by atoms with E-state index < -0.39 is 0 Å². The largest absolute Gasteiger partial charge is 0.371 e. The van der Waals surface area contributed by atoms with Gasteiger partial charge in [0.05, 0.1) is 0 Å². The number of likely N-dealkylation sites (tertiary alicyclic amines) is 1. The molecule has 0 radical (unpaired) electrons. The molecule has 0 bridgehead atoms. The number of aromatic nitrogens is 1. The molecule has 5 heteroatoms. The first-order valence-electron chi connectivity index (χ1n) is 12.6. The van der Waals surface area contributed by atoms with Crippen LogP contribution in [-0.4, -0.2) is 42.0 Å². The minimum Gasteiger partial charge on any atom is -0.371 e. The number of hydrogen-bond donors (Lipinski definition) is 1. The van der Waals surface area contributed by atoms with Crippen LogP contribution in [0.2, 0.25) is 0 Å². The summed E-state index contributed by atoms with van der Waals surface area (Å²) in [6, 6.07) is 15.5. The fourth-order valence-electron chi connectivity index (χ4n) is 5.45. The number of benzene rings is 2. The lowest BCUT2D eigenvalue weighted by atomic mass is 9.91. The minimum absolute atomic E-state index is 0.208. The Bertz CT molecular complexity index is 1090. The maximum Gasteiger partial charge on any atom is 0.222 e. The number of rotatable bonds is 6. The van der Waals surface area contributed by atoms with Gasteiger partial charge in [0.1, 0.15) is 5.82 Å². The SMILES string of the molecule is O=C(CCCC1CCN(c2cccc(-c3cc4cc(F)ccc4[nH]3)c2)CC1)N1CCCCC1. The van der Waals surface area contributed by atoms with Gasteiger partial charge in [-0.25, -0.2) is 4.39 Å². The van der Waals surface area contributed by atoms with Crippen molar-refractivity contribution in [2.75, 3.05) is 31.1 Å². The van der Waals surface area contributed by atoms with Crippen molar-refractivity contribution >= 4 is 22.5 Å². The number of aromatic amines is 1. The summed E-state index contributed by atoms with van der Waals surface area (Å²) in [7, 11) is 0. The Hall–Kier alpha value is -2.82. The van der Waals surface area contributed by atoms with E-state index >= 15 is 0 Å². The van der Waals surface area contributed by atoms with Gasteiger partial charge in [0, 0.05) is 54.9 Å². The molecule has 3 heterocycles. The van der Waals surface area contributed by atoms with Crippen LogP contribution in [0.4, 0.5) is 10.1 Å². The van der Waals surface area contributed by atoms with Gasteiger partial charge in [-0.3, -0.25) is 4.79 Å². The predicted molar refractivity (Wildman–Crippen MR) is 133 cm³/mol. The van der Waals surface area contributed by atoms with Crippen LogP contribution in [0.1, 0.15) is 51.4 Å². The molecule has 0 aliphatic carbocycles. The molecule has 1 amide bonds. The second kappa shape index (κ2) is 9.98. The first kappa shape index (κ1) is 22.0. The van der Waals surface area contributed by atoms with Crippen molar-refractivity contribution in [2.24, 2.45) is 5.92 Å². The molecule has 2 aliphatic rings. The van der Waals surface area contributed by atoms with Crippen molar-refractivity contribution in [3.63, 3.8) is 0 Å². The summed E-state index contributed by atoms with van der Waals surface area (Å²) in [5.41, 5.74) is 4.35. The molecule has 4 nitrogen and oxygen atoms in total. The summed E-state index contributed by atoms with van der Waals surface area (Å²) < 4.78 is 13.5. The van der Waals surface area contributed by atoms with Crippen LogP contribution in [0.5, 0.6) is 0 Å². The topological polar surface area (TPSA) is 39.3 Å². The average molecular weight is 448 g/mol. The Kier molecular flexibility index (Phi) is 6.65. The highest BCUT2D eigenvalue weighted by Gasteiger charge is 2.21. The number of carbonyl (C=O) groups excluding carboxylic acids is 1. The van der Waals surface area contributed by atoms with Crippen molar-refractivity contribution in [1.29, 1.82) is 0 Å². The van der Waals surface area contributed by atoms with Gasteiger partial charge in [0.25, 0.3) is 0 Å². The zero-order valence-electron chi connectivity index (χ0n) is 19.4. The Balaban J connectivity index is 1.14. The van der Waals surface area contributed by atoms with Crippen molar-refractivity contribution < 1.29 is 9.18 Å². The number of amides is 1. The van der Waals surface area contributed by atoms with Crippen LogP contribution < -0.4 is 4.90 Å². The van der Waals surface area contributed by atoms with Crippen molar-refractivity contribution in [1.82, 2.24) is 9.88 Å². The van der Waals surface area contributed by atoms with Crippen LogP contribution in [0.3, 0.4) is 0 Å². The Morgan fingerprint density at radius 2 is 1.79 bits per heavy atom. The normalized spacial score (nSPS) is 17.6. The zero-order chi connectivity index (χ0) is 22.6. The predicted octanol–water partition coefficient (Wildman–Crippen LogP) is 6.37. The van der Waals surface area contributed by atoms with Gasteiger partial charge >= 0.3 is 0 Å². The molecule has 0 unspecified atom stereocenters. The van der Waals surface area contributed by atoms with E-state index in [1.165, 1.54) is 50.3 Å². The van der Waals surface area contributed by atoms with Crippen molar-refractivity contribution in [3.8, 4) is 11.3 Å². The number of nitrogens with zero attached hydrogens (tertiary/aromatic N) is 2. The molecule has 1 N–H and O–H groups in total. The van der Waals surface area contributed by atoms with Gasteiger partial charge in [0.2, 0.25) is 5.91 Å². The van der Waals surface area contributed by atoms with Crippen LogP contribution in [-0.2, 0) is 4.79 Å². The van der Waals surface area contributed by atoms with E-state index in [4.69, 9.17) is 0 Å². The summed E-state index contributed by atoms with van der Waals surface area (Å²) in [5.74, 6) is 0.881. The highest BCUT2D eigenvalue weighted by atomic mass is 19.1. The number of H-pyrrole nitrogens is 1. The van der Waals surface area contributed by atoms with Gasteiger partial charge in [-0.05, 0) is 92.8 Å². The van der Waals surface area contributed by atoms with E-state index in [0.29, 0.717) is 5.91 Å². The number of nitrogens with one attached hydrogen (secondary N) is 1. The van der Waals surface area contributed by atoms with Gasteiger partial charge in [-0.15, -0.1) is 0 Å². The van der Waals surface area contributed by atoms with E-state index in [0.717, 1.165) is 67.1 Å². The standard InChI is InChI=1S/C28H34FN3O/c29-24-10-11-26-23(18-24)20-27(30-26)22-7-5-8-25(19-22)31-16-12-21(13-17-31)6-4-9-28(33)32-14-2-1-3-15-32/h5,7-8,10-11,18-21,30H,1-4,6,9,12-17H2. The fourth-order valence-corrected chi connectivity index (χ4v) is 5.45. The average Bonchev–Trinajstić information content (AvgIpc) is 3.28. The van der Waals surface area contributed by atoms with Crippen LogP contribution in [0.15, 0.2) is 48.5 Å². The van der Waals surface area contributed by atoms with Gasteiger partial charge in [0.15, 0.2) is 0 Å². The molecular weight excluding hydrogens is 413 g/mol. The summed E-state index contributed by atoms with van der Waals surface area (Å²) >= 11 is 0. The zero-order valence-corrected chi connectivity index (χ0v) is 19.4. The Labute approximate surface area is 195 Å². The first-order chi connectivity index (χ1) is 16.2. The molecule has 3 aromatic rings. The lowest BCUT2D eigenvalue weighted by Crippen LogP contribution is -2.36. The monoisotopic (exact) mass is 447 g/mol. The summed E-state index contributed by atoms with van der Waals surface area (Å²) in [4.78, 5) is 20.4. The van der Waals surface area contributed by atoms with Gasteiger partial charge < -0.3 is 14.8 Å². The highest BCUT2D eigenvalue weighted by Crippen LogP contribution is 2.31. The number of halogens is 1. The lowest BCUT2D eigenvalue weighted by molar-refractivity contribution is -0.132. The van der Waals surface area contributed by atoms with E-state index in [1.54, 1.807) is 12.1 Å². The molecular formula is C28H34FN3O. The third kappa shape index (κ3) is 5.23. The number of hydrogen-bond acceptors (Lipinski definition) is 2. The second-order valence-corrected chi connectivity index (χ2v) is 9.73. The Morgan fingerprint density at radius 3 is 2.61 bits per heavy atom. The quantitative estimate of drug-likeness (QED) is 0.477. The van der Waals surface area contributed by atoms with E-state index in [1.807, 2.05) is 6.07 Å². The minimum atomic E-state index is -0.208. The van der Waals surface area contributed by atoms with Crippen LogP contribution in [0.25, 0.3) is 22.2 Å². The number of anilines is 1. The van der Waals surface area contributed by atoms with E-state index in [2.05, 4.69) is 39.0 Å². The molecule has 33 heavy (non-hydrogen) atoms. The molecule has 0 saturated carbocycles. The van der Waals surface area contributed by atoms with Gasteiger partial charge in [-0.1, -0.05) is 12.1 Å². The van der Waals surface area contributed by atoms with Crippen LogP contribution >= 0.6 is 0 Å². The molecule has 2 fully saturated rings. The summed E-state index contributed by atoms with van der Waals surface area (Å²) in [5, 5.41) is 0.898. The maximum atomic E-state index is 13.5. The third-order valence-corrected chi connectivity index (χ3v) is 7.43. The molecule has 2 saturated heterocycles. The second-order valence-electron chi connectivity index (χ2n) is 9.73. The number of piperidine rings is 2. The molecule has 174 valence electrons. The number of carbonyl (C=O) groups is 1. The summed E-state index contributed by atoms with van der Waals surface area (Å²) in [6.07, 6.45) is 8.90. The highest BCUT2D eigenvalue weighted by molar-refractivity contribution is 5.86. The molecule has 5 rings (SSSR count).